The van der Waals surface area contributed by atoms with Crippen molar-refractivity contribution in [1.29, 1.82) is 0 Å². The summed E-state index contributed by atoms with van der Waals surface area (Å²) in [5.74, 6) is 0.940. The zero-order chi connectivity index (χ0) is 19.5. The first-order valence-electron chi connectivity index (χ1n) is 8.84. The molecule has 28 heavy (non-hydrogen) atoms. The fraction of sp³-hybridized carbons (Fsp3) is 0.368. The maximum atomic E-state index is 12.9. The van der Waals surface area contributed by atoms with Gasteiger partial charge in [0.1, 0.15) is 17.7 Å². The van der Waals surface area contributed by atoms with E-state index in [4.69, 9.17) is 9.15 Å². The molecule has 0 fully saturated rings. The molecular weight excluding hydrogens is 478 g/mol. The molecule has 1 aromatic carbocycles. The first-order valence-corrected chi connectivity index (χ1v) is 8.84. The minimum absolute atomic E-state index is 0. The lowest BCUT2D eigenvalue weighted by molar-refractivity contribution is 0.0926. The van der Waals surface area contributed by atoms with Gasteiger partial charge in [-0.25, -0.2) is 9.38 Å². The van der Waals surface area contributed by atoms with Crippen LogP contribution in [0.25, 0.3) is 0 Å². The second-order valence-electron chi connectivity index (χ2n) is 5.76. The minimum Gasteiger partial charge on any atom is -0.489 e. The lowest BCUT2D eigenvalue weighted by atomic mass is 10.3. The van der Waals surface area contributed by atoms with Crippen molar-refractivity contribution in [2.75, 3.05) is 26.2 Å². The zero-order valence-corrected chi connectivity index (χ0v) is 18.2. The molecule has 154 valence electrons. The lowest BCUT2D eigenvalue weighted by Crippen LogP contribution is -2.42. The number of nitrogens with one attached hydrogen (secondary N) is 3. The van der Waals surface area contributed by atoms with E-state index >= 15 is 0 Å². The van der Waals surface area contributed by atoms with E-state index in [1.54, 1.807) is 24.3 Å². The summed E-state index contributed by atoms with van der Waals surface area (Å²) in [6.07, 6.45) is 1.28. The fourth-order valence-electron chi connectivity index (χ4n) is 2.20. The van der Waals surface area contributed by atoms with Crippen molar-refractivity contribution in [3.05, 3.63) is 54.2 Å². The van der Waals surface area contributed by atoms with E-state index in [9.17, 15) is 9.18 Å². The molecular formula is C19H26FIN4O3. The van der Waals surface area contributed by atoms with Crippen LogP contribution in [0.4, 0.5) is 4.39 Å². The molecule has 0 radical (unpaired) electrons. The summed E-state index contributed by atoms with van der Waals surface area (Å²) in [5.41, 5.74) is 0. The van der Waals surface area contributed by atoms with Gasteiger partial charge in [0.15, 0.2) is 11.7 Å². The van der Waals surface area contributed by atoms with Crippen LogP contribution in [0.1, 0.15) is 24.4 Å². The molecule has 7 nitrogen and oxygen atoms in total. The number of nitrogens with zero attached hydrogens (tertiary/aromatic N) is 1. The van der Waals surface area contributed by atoms with E-state index < -0.39 is 0 Å². The quantitative estimate of drug-likeness (QED) is 0.212. The van der Waals surface area contributed by atoms with Crippen LogP contribution in [0, 0.1) is 5.82 Å². The number of rotatable bonds is 9. The third kappa shape index (κ3) is 8.59. The largest absolute Gasteiger partial charge is 0.489 e. The summed E-state index contributed by atoms with van der Waals surface area (Å²) in [6, 6.07) is 9.15. The zero-order valence-electron chi connectivity index (χ0n) is 15.9. The first kappa shape index (κ1) is 23.7. The van der Waals surface area contributed by atoms with Gasteiger partial charge in [0.2, 0.25) is 0 Å². The highest BCUT2D eigenvalue weighted by Gasteiger charge is 2.08. The third-order valence-electron chi connectivity index (χ3n) is 3.45. The Morgan fingerprint density at radius 2 is 1.89 bits per heavy atom. The summed E-state index contributed by atoms with van der Waals surface area (Å²) in [6.45, 7) is 5.91. The standard InChI is InChI=1S/C19H25FN4O3.HI/c1-3-21-19(23-11-10-22-18(25)17-5-4-12-26-17)24-13-14(2)27-16-8-6-15(20)7-9-16;/h4-9,12,14H,3,10-11,13H2,1-2H3,(H,22,25)(H2,21,23,24);1H. The van der Waals surface area contributed by atoms with Gasteiger partial charge in [-0.1, -0.05) is 0 Å². The first-order chi connectivity index (χ1) is 13.1. The number of halogens is 2. The van der Waals surface area contributed by atoms with Crippen molar-refractivity contribution in [1.82, 2.24) is 16.0 Å². The van der Waals surface area contributed by atoms with Gasteiger partial charge in [-0.15, -0.1) is 24.0 Å². The molecule has 2 rings (SSSR count). The Kier molecular flexibility index (Phi) is 11.0. The van der Waals surface area contributed by atoms with Gasteiger partial charge < -0.3 is 25.1 Å². The van der Waals surface area contributed by atoms with Crippen molar-refractivity contribution in [3.63, 3.8) is 0 Å². The van der Waals surface area contributed by atoms with Crippen LogP contribution in [0.5, 0.6) is 5.75 Å². The fourth-order valence-corrected chi connectivity index (χ4v) is 2.20. The molecule has 1 aromatic heterocycles. The molecule has 0 bridgehead atoms. The van der Waals surface area contributed by atoms with E-state index in [0.717, 1.165) is 0 Å². The number of ether oxygens (including phenoxy) is 1. The van der Waals surface area contributed by atoms with Crippen LogP contribution in [-0.2, 0) is 0 Å². The molecule has 0 aliphatic heterocycles. The maximum absolute atomic E-state index is 12.9. The predicted octanol–water partition coefficient (Wildman–Crippen LogP) is 2.79. The molecule has 1 unspecified atom stereocenters. The highest BCUT2D eigenvalue weighted by Crippen LogP contribution is 2.13. The van der Waals surface area contributed by atoms with Gasteiger partial charge in [-0.05, 0) is 50.2 Å². The SMILES string of the molecule is CCNC(=NCC(C)Oc1ccc(F)cc1)NCCNC(=O)c1ccco1.I. The molecule has 2 aromatic rings. The van der Waals surface area contributed by atoms with E-state index in [1.165, 1.54) is 18.4 Å². The van der Waals surface area contributed by atoms with Crippen molar-refractivity contribution in [3.8, 4) is 5.75 Å². The van der Waals surface area contributed by atoms with Crippen molar-refractivity contribution in [2.45, 2.75) is 20.0 Å². The van der Waals surface area contributed by atoms with Crippen LogP contribution >= 0.6 is 24.0 Å². The summed E-state index contributed by atoms with van der Waals surface area (Å²) < 4.78 is 23.6. The molecule has 1 amide bonds. The Balaban J connectivity index is 0.00000392. The molecule has 0 spiro atoms. The van der Waals surface area contributed by atoms with Gasteiger partial charge in [-0.3, -0.25) is 4.79 Å². The van der Waals surface area contributed by atoms with Crippen LogP contribution in [0.3, 0.4) is 0 Å². The molecule has 1 atom stereocenters. The number of amides is 1. The highest BCUT2D eigenvalue weighted by molar-refractivity contribution is 14.0. The molecule has 3 N–H and O–H groups in total. The number of hydrogen-bond acceptors (Lipinski definition) is 4. The normalized spacial score (nSPS) is 11.9. The average molecular weight is 504 g/mol. The Morgan fingerprint density at radius 1 is 1.18 bits per heavy atom. The Hall–Kier alpha value is -2.30. The van der Waals surface area contributed by atoms with Crippen molar-refractivity contribution >= 4 is 35.8 Å². The molecule has 0 aliphatic carbocycles. The number of aliphatic imine (C=N–C) groups is 1. The van der Waals surface area contributed by atoms with Gasteiger partial charge in [-0.2, -0.15) is 0 Å². The highest BCUT2D eigenvalue weighted by atomic mass is 127. The minimum atomic E-state index is -0.300. The second-order valence-corrected chi connectivity index (χ2v) is 5.76. The second kappa shape index (κ2) is 13.0. The van der Waals surface area contributed by atoms with Crippen LogP contribution in [-0.4, -0.2) is 44.1 Å². The molecule has 0 saturated carbocycles. The number of benzene rings is 1. The van der Waals surface area contributed by atoms with E-state index in [-0.39, 0.29) is 47.6 Å². The topological polar surface area (TPSA) is 87.9 Å². The molecule has 9 heteroatoms. The van der Waals surface area contributed by atoms with Crippen LogP contribution in [0.15, 0.2) is 52.1 Å². The summed E-state index contributed by atoms with van der Waals surface area (Å²) in [7, 11) is 0. The maximum Gasteiger partial charge on any atom is 0.287 e. The average Bonchev–Trinajstić information content (AvgIpc) is 3.19. The van der Waals surface area contributed by atoms with E-state index in [0.29, 0.717) is 37.9 Å². The monoisotopic (exact) mass is 504 g/mol. The number of hydrogen-bond donors (Lipinski definition) is 3. The Labute approximate surface area is 181 Å². The molecule has 0 saturated heterocycles. The smallest absolute Gasteiger partial charge is 0.287 e. The predicted molar refractivity (Wildman–Crippen MR) is 117 cm³/mol. The third-order valence-corrected chi connectivity index (χ3v) is 3.45. The lowest BCUT2D eigenvalue weighted by Gasteiger charge is -2.15. The molecule has 0 aliphatic rings. The summed E-state index contributed by atoms with van der Waals surface area (Å²) in [4.78, 5) is 16.2. The number of guanidine groups is 1. The van der Waals surface area contributed by atoms with Crippen molar-refractivity contribution < 1.29 is 18.3 Å². The van der Waals surface area contributed by atoms with Gasteiger partial charge in [0.25, 0.3) is 5.91 Å². The van der Waals surface area contributed by atoms with Crippen molar-refractivity contribution in [2.24, 2.45) is 4.99 Å². The Morgan fingerprint density at radius 3 is 2.54 bits per heavy atom. The number of furan rings is 1. The van der Waals surface area contributed by atoms with Gasteiger partial charge in [0.05, 0.1) is 12.8 Å². The number of carbonyl (C=O) groups excluding carboxylic acids is 1. The Bertz CT molecular complexity index is 723. The van der Waals surface area contributed by atoms with Crippen LogP contribution in [0.2, 0.25) is 0 Å². The molecule has 1 heterocycles. The van der Waals surface area contributed by atoms with Gasteiger partial charge in [0, 0.05) is 19.6 Å². The van der Waals surface area contributed by atoms with Crippen LogP contribution < -0.4 is 20.7 Å². The summed E-state index contributed by atoms with van der Waals surface area (Å²) >= 11 is 0. The van der Waals surface area contributed by atoms with E-state index in [1.807, 2.05) is 13.8 Å². The van der Waals surface area contributed by atoms with E-state index in [2.05, 4.69) is 20.9 Å². The number of carbonyl (C=O) groups is 1. The summed E-state index contributed by atoms with van der Waals surface area (Å²) in [5, 5.41) is 9.02. The van der Waals surface area contributed by atoms with Gasteiger partial charge >= 0.3 is 0 Å².